The fourth-order valence-electron chi connectivity index (χ4n) is 1.42. The van der Waals surface area contributed by atoms with Crippen LogP contribution in [0.1, 0.15) is 22.8 Å². The van der Waals surface area contributed by atoms with Gasteiger partial charge in [0.2, 0.25) is 0 Å². The number of anilines is 1. The van der Waals surface area contributed by atoms with Crippen molar-refractivity contribution < 1.29 is 19.1 Å². The van der Waals surface area contributed by atoms with E-state index in [4.69, 9.17) is 10.5 Å². The molecule has 1 rings (SSSR count). The van der Waals surface area contributed by atoms with Gasteiger partial charge >= 0.3 is 11.9 Å². The molecule has 92 valence electrons. The van der Waals surface area contributed by atoms with Gasteiger partial charge in [-0.15, -0.1) is 0 Å². The first-order chi connectivity index (χ1) is 8.10. The Morgan fingerprint density at radius 2 is 2.06 bits per heavy atom. The molecule has 1 aromatic carbocycles. The molecule has 0 amide bonds. The molecule has 0 radical (unpaired) electrons. The van der Waals surface area contributed by atoms with Crippen molar-refractivity contribution in [3.63, 3.8) is 0 Å². The summed E-state index contributed by atoms with van der Waals surface area (Å²) in [7, 11) is 1.28. The quantitative estimate of drug-likeness (QED) is 0.628. The second-order valence-corrected chi connectivity index (χ2v) is 3.35. The molecule has 0 fully saturated rings. The van der Waals surface area contributed by atoms with E-state index in [1.165, 1.54) is 7.11 Å². The van der Waals surface area contributed by atoms with E-state index < -0.39 is 5.97 Å². The van der Waals surface area contributed by atoms with Crippen LogP contribution in [-0.4, -0.2) is 25.7 Å². The summed E-state index contributed by atoms with van der Waals surface area (Å²) in [6.07, 6.45) is 0.0461. The molecule has 0 saturated heterocycles. The number of nitrogen functional groups attached to an aromatic ring is 1. The van der Waals surface area contributed by atoms with Crippen LogP contribution in [0.15, 0.2) is 18.2 Å². The van der Waals surface area contributed by atoms with Gasteiger partial charge in [0.05, 0.1) is 25.7 Å². The highest BCUT2D eigenvalue weighted by Crippen LogP contribution is 2.19. The highest BCUT2D eigenvalue weighted by molar-refractivity contribution is 5.96. The van der Waals surface area contributed by atoms with E-state index in [9.17, 15) is 9.59 Å². The number of esters is 2. The molecular weight excluding hydrogens is 222 g/mol. The summed E-state index contributed by atoms with van der Waals surface area (Å²) < 4.78 is 9.41. The minimum atomic E-state index is -0.520. The van der Waals surface area contributed by atoms with Gasteiger partial charge in [0.15, 0.2) is 0 Å². The number of methoxy groups -OCH3 is 1. The third-order valence-corrected chi connectivity index (χ3v) is 2.24. The summed E-state index contributed by atoms with van der Waals surface area (Å²) in [5.41, 5.74) is 6.87. The molecule has 0 saturated carbocycles. The van der Waals surface area contributed by atoms with E-state index in [-0.39, 0.29) is 23.6 Å². The number of benzene rings is 1. The van der Waals surface area contributed by atoms with Crippen LogP contribution in [0.4, 0.5) is 5.69 Å². The van der Waals surface area contributed by atoms with Crippen LogP contribution in [-0.2, 0) is 20.7 Å². The second-order valence-electron chi connectivity index (χ2n) is 3.35. The number of para-hydroxylation sites is 1. The van der Waals surface area contributed by atoms with Crippen molar-refractivity contribution in [1.82, 2.24) is 0 Å². The maximum atomic E-state index is 11.4. The smallest absolute Gasteiger partial charge is 0.339 e. The van der Waals surface area contributed by atoms with E-state index in [0.717, 1.165) is 0 Å². The largest absolute Gasteiger partial charge is 0.466 e. The molecule has 0 heterocycles. The van der Waals surface area contributed by atoms with Crippen molar-refractivity contribution in [1.29, 1.82) is 0 Å². The van der Waals surface area contributed by atoms with Gasteiger partial charge in [-0.2, -0.15) is 0 Å². The number of nitrogens with two attached hydrogens (primary N) is 1. The predicted octanol–water partition coefficient (Wildman–Crippen LogP) is 1.16. The molecule has 0 aliphatic rings. The van der Waals surface area contributed by atoms with Gasteiger partial charge in [-0.05, 0) is 18.6 Å². The maximum Gasteiger partial charge on any atom is 0.339 e. The summed E-state index contributed by atoms with van der Waals surface area (Å²) >= 11 is 0. The Morgan fingerprint density at radius 3 is 2.65 bits per heavy atom. The van der Waals surface area contributed by atoms with E-state index in [0.29, 0.717) is 12.2 Å². The van der Waals surface area contributed by atoms with E-state index in [1.54, 1.807) is 25.1 Å². The zero-order valence-corrected chi connectivity index (χ0v) is 9.86. The number of carbonyl (C=O) groups excluding carboxylic acids is 2. The van der Waals surface area contributed by atoms with E-state index in [1.807, 2.05) is 0 Å². The highest BCUT2D eigenvalue weighted by Gasteiger charge is 2.14. The average Bonchev–Trinajstić information content (AvgIpc) is 2.31. The summed E-state index contributed by atoms with van der Waals surface area (Å²) in [5.74, 6) is -0.894. The summed E-state index contributed by atoms with van der Waals surface area (Å²) in [6.45, 7) is 2.04. The lowest BCUT2D eigenvalue weighted by Crippen LogP contribution is -2.12. The first kappa shape index (κ1) is 13.0. The number of hydrogen-bond donors (Lipinski definition) is 1. The fourth-order valence-corrected chi connectivity index (χ4v) is 1.42. The standard InChI is InChI=1S/C12H15NO4/c1-3-17-10(14)7-8-5-4-6-9(11(8)13)12(15)16-2/h4-6H,3,7,13H2,1-2H3. The van der Waals surface area contributed by atoms with Gasteiger partial charge in [0.25, 0.3) is 0 Å². The molecule has 0 aliphatic heterocycles. The van der Waals surface area contributed by atoms with Crippen LogP contribution in [0.5, 0.6) is 0 Å². The topological polar surface area (TPSA) is 78.6 Å². The lowest BCUT2D eigenvalue weighted by atomic mass is 10.0. The number of hydrogen-bond acceptors (Lipinski definition) is 5. The Labute approximate surface area is 99.5 Å². The van der Waals surface area contributed by atoms with Crippen LogP contribution < -0.4 is 5.73 Å². The van der Waals surface area contributed by atoms with Crippen molar-refractivity contribution in [2.24, 2.45) is 0 Å². The summed E-state index contributed by atoms with van der Waals surface area (Å²) in [5, 5.41) is 0. The van der Waals surface area contributed by atoms with Gasteiger partial charge in [-0.1, -0.05) is 12.1 Å². The van der Waals surface area contributed by atoms with Crippen LogP contribution in [0.25, 0.3) is 0 Å². The van der Waals surface area contributed by atoms with Crippen molar-refractivity contribution >= 4 is 17.6 Å². The van der Waals surface area contributed by atoms with Crippen LogP contribution in [0.3, 0.4) is 0 Å². The number of rotatable bonds is 4. The minimum absolute atomic E-state index is 0.0461. The molecule has 5 heteroatoms. The molecule has 0 spiro atoms. The predicted molar refractivity (Wildman–Crippen MR) is 62.5 cm³/mol. The molecule has 0 aromatic heterocycles. The van der Waals surface area contributed by atoms with E-state index in [2.05, 4.69) is 4.74 Å². The third-order valence-electron chi connectivity index (χ3n) is 2.24. The Balaban J connectivity index is 2.94. The Kier molecular flexibility index (Phi) is 4.51. The van der Waals surface area contributed by atoms with Crippen molar-refractivity contribution in [2.75, 3.05) is 19.5 Å². The first-order valence-electron chi connectivity index (χ1n) is 5.21. The van der Waals surface area contributed by atoms with Crippen LogP contribution in [0, 0.1) is 0 Å². The lowest BCUT2D eigenvalue weighted by Gasteiger charge is -2.09. The highest BCUT2D eigenvalue weighted by atomic mass is 16.5. The van der Waals surface area contributed by atoms with Crippen molar-refractivity contribution in [3.8, 4) is 0 Å². The second kappa shape index (κ2) is 5.89. The normalized spacial score (nSPS) is 9.76. The minimum Gasteiger partial charge on any atom is -0.466 e. The van der Waals surface area contributed by atoms with Gasteiger partial charge in [0, 0.05) is 5.69 Å². The monoisotopic (exact) mass is 237 g/mol. The molecule has 0 aliphatic carbocycles. The van der Waals surface area contributed by atoms with Crippen molar-refractivity contribution in [2.45, 2.75) is 13.3 Å². The Morgan fingerprint density at radius 1 is 1.35 bits per heavy atom. The molecule has 0 atom stereocenters. The molecule has 1 aromatic rings. The molecule has 2 N–H and O–H groups in total. The molecule has 0 bridgehead atoms. The zero-order valence-electron chi connectivity index (χ0n) is 9.86. The zero-order chi connectivity index (χ0) is 12.8. The number of ether oxygens (including phenoxy) is 2. The molecule has 0 unspecified atom stereocenters. The van der Waals surface area contributed by atoms with Gasteiger partial charge in [-0.25, -0.2) is 4.79 Å². The molecular formula is C12H15NO4. The summed E-state index contributed by atoms with van der Waals surface area (Å²) in [6, 6.07) is 4.88. The van der Waals surface area contributed by atoms with Gasteiger partial charge in [-0.3, -0.25) is 4.79 Å². The average molecular weight is 237 g/mol. The van der Waals surface area contributed by atoms with Crippen LogP contribution in [0.2, 0.25) is 0 Å². The van der Waals surface area contributed by atoms with Crippen molar-refractivity contribution in [3.05, 3.63) is 29.3 Å². The lowest BCUT2D eigenvalue weighted by molar-refractivity contribution is -0.142. The molecule has 5 nitrogen and oxygen atoms in total. The SMILES string of the molecule is CCOC(=O)Cc1cccc(C(=O)OC)c1N. The Hall–Kier alpha value is -2.04. The maximum absolute atomic E-state index is 11.4. The fraction of sp³-hybridized carbons (Fsp3) is 0.333. The molecule has 17 heavy (non-hydrogen) atoms. The third kappa shape index (κ3) is 3.21. The Bertz CT molecular complexity index is 429. The first-order valence-corrected chi connectivity index (χ1v) is 5.21. The van der Waals surface area contributed by atoms with E-state index >= 15 is 0 Å². The number of carbonyl (C=O) groups is 2. The van der Waals surface area contributed by atoms with Gasteiger partial charge < -0.3 is 15.2 Å². The summed E-state index contributed by atoms with van der Waals surface area (Å²) in [4.78, 5) is 22.7. The van der Waals surface area contributed by atoms with Crippen LogP contribution >= 0.6 is 0 Å². The van der Waals surface area contributed by atoms with Gasteiger partial charge in [0.1, 0.15) is 0 Å².